The van der Waals surface area contributed by atoms with Gasteiger partial charge in [0.05, 0.1) is 6.20 Å². The molecule has 1 aliphatic heterocycles. The molecule has 1 aromatic heterocycles. The van der Waals surface area contributed by atoms with Gasteiger partial charge in [0.2, 0.25) is 0 Å². The summed E-state index contributed by atoms with van der Waals surface area (Å²) >= 11 is 0. The number of hydrogen-bond acceptors (Lipinski definition) is 2. The van der Waals surface area contributed by atoms with Gasteiger partial charge in [0.25, 0.3) is 0 Å². The quantitative estimate of drug-likeness (QED) is 0.663. The van der Waals surface area contributed by atoms with Crippen molar-refractivity contribution in [2.45, 2.75) is 0 Å². The van der Waals surface area contributed by atoms with Crippen molar-refractivity contribution in [1.82, 2.24) is 15.1 Å². The highest BCUT2D eigenvalue weighted by atomic mass is 15.2. The Hall–Kier alpha value is -1.51. The highest BCUT2D eigenvalue weighted by Gasteiger charge is 2.01. The Morgan fingerprint density at radius 1 is 1.58 bits per heavy atom. The summed E-state index contributed by atoms with van der Waals surface area (Å²) < 4.78 is 1.80. The molecule has 0 unspecified atom stereocenters. The Morgan fingerprint density at radius 3 is 3.08 bits per heavy atom. The van der Waals surface area contributed by atoms with Crippen LogP contribution in [-0.2, 0) is 7.05 Å². The van der Waals surface area contributed by atoms with Crippen molar-refractivity contribution in [2.75, 3.05) is 6.54 Å². The van der Waals surface area contributed by atoms with Crippen molar-refractivity contribution in [3.8, 4) is 0 Å². The molecule has 2 rings (SSSR count). The first-order chi connectivity index (χ1) is 5.86. The van der Waals surface area contributed by atoms with Crippen LogP contribution in [0.2, 0.25) is 0 Å². The van der Waals surface area contributed by atoms with E-state index in [0.29, 0.717) is 0 Å². The van der Waals surface area contributed by atoms with Gasteiger partial charge in [-0.2, -0.15) is 5.10 Å². The van der Waals surface area contributed by atoms with E-state index in [-0.39, 0.29) is 0 Å². The van der Waals surface area contributed by atoms with Gasteiger partial charge < -0.3 is 5.32 Å². The number of aromatic nitrogens is 2. The smallest absolute Gasteiger partial charge is 0.0568 e. The van der Waals surface area contributed by atoms with Crippen molar-refractivity contribution in [2.24, 2.45) is 7.05 Å². The zero-order valence-corrected chi connectivity index (χ0v) is 6.99. The summed E-state index contributed by atoms with van der Waals surface area (Å²) in [6.45, 7) is 0.920. The second kappa shape index (κ2) is 2.85. The molecule has 0 saturated carbocycles. The Labute approximate surface area is 71.4 Å². The first kappa shape index (κ1) is 7.16. The first-order valence-electron chi connectivity index (χ1n) is 3.95. The number of allylic oxidation sites excluding steroid dienone is 2. The summed E-state index contributed by atoms with van der Waals surface area (Å²) in [4.78, 5) is 0. The van der Waals surface area contributed by atoms with Crippen LogP contribution in [0.3, 0.4) is 0 Å². The molecule has 0 atom stereocenters. The minimum absolute atomic E-state index is 0.920. The molecule has 12 heavy (non-hydrogen) atoms. The lowest BCUT2D eigenvalue weighted by Crippen LogP contribution is -2.08. The maximum atomic E-state index is 4.11. The van der Waals surface area contributed by atoms with Gasteiger partial charge in [-0.25, -0.2) is 0 Å². The highest BCUT2D eigenvalue weighted by molar-refractivity contribution is 5.73. The third-order valence-corrected chi connectivity index (χ3v) is 1.83. The van der Waals surface area contributed by atoms with Crippen molar-refractivity contribution in [3.05, 3.63) is 36.3 Å². The van der Waals surface area contributed by atoms with Crippen molar-refractivity contribution in [1.29, 1.82) is 0 Å². The monoisotopic (exact) mass is 161 g/mol. The molecule has 0 fully saturated rings. The SMILES string of the molecule is Cn1cc(C2=CNCC=C2)cn1. The second-order valence-corrected chi connectivity index (χ2v) is 2.81. The van der Waals surface area contributed by atoms with Gasteiger partial charge in [0.1, 0.15) is 0 Å². The van der Waals surface area contributed by atoms with E-state index in [9.17, 15) is 0 Å². The zero-order chi connectivity index (χ0) is 8.39. The Balaban J connectivity index is 2.30. The lowest BCUT2D eigenvalue weighted by atomic mass is 10.1. The first-order valence-corrected chi connectivity index (χ1v) is 3.95. The van der Waals surface area contributed by atoms with Crippen LogP contribution in [0.1, 0.15) is 5.56 Å². The molecule has 0 bridgehead atoms. The number of dihydropyridines is 1. The molecule has 1 aromatic rings. The van der Waals surface area contributed by atoms with E-state index < -0.39 is 0 Å². The van der Waals surface area contributed by atoms with Crippen LogP contribution in [0.4, 0.5) is 0 Å². The van der Waals surface area contributed by atoms with E-state index in [0.717, 1.165) is 12.1 Å². The molecule has 1 aliphatic rings. The molecule has 0 saturated heterocycles. The third-order valence-electron chi connectivity index (χ3n) is 1.83. The van der Waals surface area contributed by atoms with Crippen LogP contribution in [0.5, 0.6) is 0 Å². The van der Waals surface area contributed by atoms with Gasteiger partial charge >= 0.3 is 0 Å². The minimum Gasteiger partial charge on any atom is -0.387 e. The average molecular weight is 161 g/mol. The molecule has 2 heterocycles. The lowest BCUT2D eigenvalue weighted by molar-refractivity contribution is 0.767. The van der Waals surface area contributed by atoms with Crippen molar-refractivity contribution >= 4 is 5.57 Å². The summed E-state index contributed by atoms with van der Waals surface area (Å²) in [6, 6.07) is 0. The highest BCUT2D eigenvalue weighted by Crippen LogP contribution is 2.14. The number of hydrogen-bond donors (Lipinski definition) is 1. The number of nitrogens with one attached hydrogen (secondary N) is 1. The summed E-state index contributed by atoms with van der Waals surface area (Å²) in [5, 5.41) is 7.26. The number of aryl methyl sites for hydroxylation is 1. The molecule has 0 aliphatic carbocycles. The standard InChI is InChI=1S/C9H11N3/c1-12-7-9(6-11-12)8-3-2-4-10-5-8/h2-3,5-7,10H,4H2,1H3. The fourth-order valence-electron chi connectivity index (χ4n) is 1.22. The molecule has 0 amide bonds. The average Bonchev–Trinajstić information content (AvgIpc) is 2.54. The van der Waals surface area contributed by atoms with Gasteiger partial charge in [-0.3, -0.25) is 4.68 Å². The van der Waals surface area contributed by atoms with Crippen LogP contribution >= 0.6 is 0 Å². The van der Waals surface area contributed by atoms with Gasteiger partial charge in [0, 0.05) is 37.1 Å². The maximum absolute atomic E-state index is 4.11. The summed E-state index contributed by atoms with van der Waals surface area (Å²) in [7, 11) is 1.92. The Bertz CT molecular complexity index is 333. The zero-order valence-electron chi connectivity index (χ0n) is 6.99. The van der Waals surface area contributed by atoms with Crippen LogP contribution in [-0.4, -0.2) is 16.3 Å². The van der Waals surface area contributed by atoms with Crippen LogP contribution in [0, 0.1) is 0 Å². The van der Waals surface area contributed by atoms with E-state index in [1.54, 1.807) is 4.68 Å². The predicted molar refractivity (Wildman–Crippen MR) is 48.3 cm³/mol. The fraction of sp³-hybridized carbons (Fsp3) is 0.222. The molecule has 3 heteroatoms. The fourth-order valence-corrected chi connectivity index (χ4v) is 1.22. The lowest BCUT2D eigenvalue weighted by Gasteiger charge is -2.05. The maximum Gasteiger partial charge on any atom is 0.0568 e. The van der Waals surface area contributed by atoms with E-state index in [2.05, 4.69) is 22.6 Å². The van der Waals surface area contributed by atoms with E-state index in [1.165, 1.54) is 5.57 Å². The van der Waals surface area contributed by atoms with Crippen LogP contribution in [0.25, 0.3) is 5.57 Å². The molecule has 0 aromatic carbocycles. The van der Waals surface area contributed by atoms with E-state index in [4.69, 9.17) is 0 Å². The van der Waals surface area contributed by atoms with Crippen molar-refractivity contribution < 1.29 is 0 Å². The van der Waals surface area contributed by atoms with Crippen LogP contribution < -0.4 is 5.32 Å². The normalized spacial score (nSPS) is 15.6. The number of nitrogens with zero attached hydrogens (tertiary/aromatic N) is 2. The Kier molecular flexibility index (Phi) is 1.70. The molecular weight excluding hydrogens is 150 g/mol. The van der Waals surface area contributed by atoms with E-state index in [1.807, 2.05) is 25.6 Å². The van der Waals surface area contributed by atoms with Gasteiger partial charge in [-0.05, 0) is 0 Å². The predicted octanol–water partition coefficient (Wildman–Crippen LogP) is 0.920. The van der Waals surface area contributed by atoms with Crippen LogP contribution in [0.15, 0.2) is 30.7 Å². The summed E-state index contributed by atoms with van der Waals surface area (Å²) in [5.74, 6) is 0. The van der Waals surface area contributed by atoms with Gasteiger partial charge in [-0.15, -0.1) is 0 Å². The molecule has 0 radical (unpaired) electrons. The van der Waals surface area contributed by atoms with Gasteiger partial charge in [-0.1, -0.05) is 12.2 Å². The summed E-state index contributed by atoms with van der Waals surface area (Å²) in [6.07, 6.45) is 10.1. The number of rotatable bonds is 1. The molecule has 1 N–H and O–H groups in total. The van der Waals surface area contributed by atoms with Gasteiger partial charge in [0.15, 0.2) is 0 Å². The molecular formula is C9H11N3. The molecule has 0 spiro atoms. The largest absolute Gasteiger partial charge is 0.387 e. The molecule has 3 nitrogen and oxygen atoms in total. The molecule has 62 valence electrons. The second-order valence-electron chi connectivity index (χ2n) is 2.81. The Morgan fingerprint density at radius 2 is 2.50 bits per heavy atom. The topological polar surface area (TPSA) is 29.9 Å². The van der Waals surface area contributed by atoms with E-state index >= 15 is 0 Å². The summed E-state index contributed by atoms with van der Waals surface area (Å²) in [5.41, 5.74) is 2.34. The van der Waals surface area contributed by atoms with Crippen molar-refractivity contribution in [3.63, 3.8) is 0 Å². The third kappa shape index (κ3) is 1.25. The minimum atomic E-state index is 0.920.